The molecule has 2 aromatic heterocycles. The van der Waals surface area contributed by atoms with Crippen LogP contribution in [0.4, 0.5) is 0 Å². The zero-order valence-electron chi connectivity index (χ0n) is 28.3. The average Bonchev–Trinajstić information content (AvgIpc) is 3.75. The first-order valence-electron chi connectivity index (χ1n) is 17.9. The molecule has 242 valence electrons. The van der Waals surface area contributed by atoms with E-state index in [0.29, 0.717) is 0 Å². The van der Waals surface area contributed by atoms with Crippen molar-refractivity contribution in [3.63, 3.8) is 0 Å². The highest BCUT2D eigenvalue weighted by molar-refractivity contribution is 6.23. The van der Waals surface area contributed by atoms with E-state index in [9.17, 15) is 0 Å². The molecule has 0 N–H and O–H groups in total. The molecule has 11 rings (SSSR count). The summed E-state index contributed by atoms with van der Waals surface area (Å²) in [5.74, 6) is 0. The van der Waals surface area contributed by atoms with Crippen LogP contribution in [0.25, 0.3) is 104 Å². The molecule has 0 fully saturated rings. The second kappa shape index (κ2) is 11.3. The maximum atomic E-state index is 6.23. The maximum absolute atomic E-state index is 6.23. The Hall–Kier alpha value is -6.90. The topological polar surface area (TPSA) is 18.1 Å². The van der Waals surface area contributed by atoms with Crippen LogP contribution in [0.5, 0.6) is 0 Å². The summed E-state index contributed by atoms with van der Waals surface area (Å²) in [5, 5.41) is 9.73. The summed E-state index contributed by atoms with van der Waals surface area (Å²) in [6, 6.07) is 68.1. The summed E-state index contributed by atoms with van der Waals surface area (Å²) in [5.41, 5.74) is 12.7. The lowest BCUT2D eigenvalue weighted by Crippen LogP contribution is -1.94. The number of rotatable bonds is 4. The molecule has 0 radical (unpaired) electrons. The van der Waals surface area contributed by atoms with Crippen molar-refractivity contribution in [1.29, 1.82) is 0 Å². The van der Waals surface area contributed by atoms with E-state index in [1.165, 1.54) is 76.7 Å². The highest BCUT2D eigenvalue weighted by Crippen LogP contribution is 2.47. The molecule has 0 aliphatic heterocycles. The molecule has 2 nitrogen and oxygen atoms in total. The van der Waals surface area contributed by atoms with Crippen molar-refractivity contribution in [2.45, 2.75) is 0 Å². The standard InChI is InChI=1S/C50H31NO/c1-2-14-34(15-3-1)51-45-24-12-10-17-36(45)37-28-26-32(31-46(37)51)35-16-4-5-19-39(35)50-42-22-8-6-20-40(42)49(41-21-7-9-23-43(41)50)33-27-29-48-44(30-33)38-18-11-13-25-47(38)52-48/h1-31H. The molecule has 0 saturated carbocycles. The Kier molecular flexibility index (Phi) is 6.28. The van der Waals surface area contributed by atoms with Crippen LogP contribution in [-0.4, -0.2) is 4.57 Å². The minimum atomic E-state index is 0.910. The molecule has 9 aromatic carbocycles. The van der Waals surface area contributed by atoms with Gasteiger partial charge in [0.25, 0.3) is 0 Å². The lowest BCUT2D eigenvalue weighted by Gasteiger charge is -2.20. The first-order valence-corrected chi connectivity index (χ1v) is 17.9. The molecular formula is C50H31NO. The molecule has 2 heterocycles. The summed E-state index contributed by atoms with van der Waals surface area (Å²) in [7, 11) is 0. The molecular weight excluding hydrogens is 631 g/mol. The third-order valence-corrected chi connectivity index (χ3v) is 10.8. The second-order valence-electron chi connectivity index (χ2n) is 13.6. The van der Waals surface area contributed by atoms with Crippen LogP contribution >= 0.6 is 0 Å². The summed E-state index contributed by atoms with van der Waals surface area (Å²) in [6.45, 7) is 0. The predicted molar refractivity (Wildman–Crippen MR) is 219 cm³/mol. The number of fused-ring (bicyclic) bond motifs is 8. The minimum Gasteiger partial charge on any atom is -0.456 e. The second-order valence-corrected chi connectivity index (χ2v) is 13.6. The number of furan rings is 1. The first-order chi connectivity index (χ1) is 25.8. The molecule has 52 heavy (non-hydrogen) atoms. The SMILES string of the molecule is c1ccc(-n2c3ccccc3c3ccc(-c4ccccc4-c4c5ccccc5c(-c5ccc6oc7ccccc7c6c5)c5ccccc45)cc32)cc1. The van der Waals surface area contributed by atoms with Gasteiger partial charge in [-0.2, -0.15) is 0 Å². The van der Waals surface area contributed by atoms with Crippen LogP contribution in [0.1, 0.15) is 0 Å². The number of para-hydroxylation sites is 3. The van der Waals surface area contributed by atoms with Crippen LogP contribution < -0.4 is 0 Å². The van der Waals surface area contributed by atoms with Crippen molar-refractivity contribution in [3.05, 3.63) is 188 Å². The van der Waals surface area contributed by atoms with E-state index >= 15 is 0 Å². The maximum Gasteiger partial charge on any atom is 0.135 e. The summed E-state index contributed by atoms with van der Waals surface area (Å²) < 4.78 is 8.62. The van der Waals surface area contributed by atoms with Crippen molar-refractivity contribution in [3.8, 4) is 39.1 Å². The van der Waals surface area contributed by atoms with E-state index < -0.39 is 0 Å². The molecule has 0 unspecified atom stereocenters. The van der Waals surface area contributed by atoms with Crippen LogP contribution in [0.2, 0.25) is 0 Å². The molecule has 0 saturated heterocycles. The highest BCUT2D eigenvalue weighted by Gasteiger charge is 2.20. The third kappa shape index (κ3) is 4.25. The fraction of sp³-hybridized carbons (Fsp3) is 0. The van der Waals surface area contributed by atoms with Gasteiger partial charge in [-0.25, -0.2) is 0 Å². The Morgan fingerprint density at radius 2 is 0.846 bits per heavy atom. The summed E-state index contributed by atoms with van der Waals surface area (Å²) in [6.07, 6.45) is 0. The van der Waals surface area contributed by atoms with Crippen LogP contribution in [-0.2, 0) is 0 Å². The van der Waals surface area contributed by atoms with Gasteiger partial charge in [0.15, 0.2) is 0 Å². The Labute approximate surface area is 300 Å². The zero-order chi connectivity index (χ0) is 34.2. The van der Waals surface area contributed by atoms with Gasteiger partial charge in [-0.05, 0) is 97.4 Å². The fourth-order valence-corrected chi connectivity index (χ4v) is 8.56. The van der Waals surface area contributed by atoms with Crippen LogP contribution in [0, 0.1) is 0 Å². The van der Waals surface area contributed by atoms with E-state index in [-0.39, 0.29) is 0 Å². The van der Waals surface area contributed by atoms with Gasteiger partial charge >= 0.3 is 0 Å². The number of nitrogens with zero attached hydrogens (tertiary/aromatic N) is 1. The molecule has 0 amide bonds. The normalized spacial score (nSPS) is 11.8. The Morgan fingerprint density at radius 3 is 1.60 bits per heavy atom. The number of aromatic nitrogens is 1. The molecule has 11 aromatic rings. The lowest BCUT2D eigenvalue weighted by molar-refractivity contribution is 0.669. The van der Waals surface area contributed by atoms with Gasteiger partial charge < -0.3 is 8.98 Å². The molecule has 0 aliphatic carbocycles. The van der Waals surface area contributed by atoms with Gasteiger partial charge in [0.2, 0.25) is 0 Å². The average molecular weight is 662 g/mol. The van der Waals surface area contributed by atoms with Gasteiger partial charge in [0, 0.05) is 27.2 Å². The van der Waals surface area contributed by atoms with Crippen molar-refractivity contribution >= 4 is 65.3 Å². The van der Waals surface area contributed by atoms with Crippen molar-refractivity contribution in [2.75, 3.05) is 0 Å². The quantitative estimate of drug-likeness (QED) is 0.172. The molecule has 2 heteroatoms. The number of benzene rings is 9. The molecule has 0 spiro atoms. The Morgan fingerprint density at radius 1 is 0.308 bits per heavy atom. The largest absolute Gasteiger partial charge is 0.456 e. The fourth-order valence-electron chi connectivity index (χ4n) is 8.56. The third-order valence-electron chi connectivity index (χ3n) is 10.8. The van der Waals surface area contributed by atoms with Gasteiger partial charge in [0.05, 0.1) is 11.0 Å². The Bertz CT molecular complexity index is 3120. The highest BCUT2D eigenvalue weighted by atomic mass is 16.3. The summed E-state index contributed by atoms with van der Waals surface area (Å²) >= 11 is 0. The van der Waals surface area contributed by atoms with Gasteiger partial charge in [-0.3, -0.25) is 0 Å². The van der Waals surface area contributed by atoms with E-state index in [1.54, 1.807) is 0 Å². The van der Waals surface area contributed by atoms with Gasteiger partial charge in [-0.15, -0.1) is 0 Å². The van der Waals surface area contributed by atoms with Crippen molar-refractivity contribution in [1.82, 2.24) is 4.57 Å². The molecule has 0 atom stereocenters. The monoisotopic (exact) mass is 661 g/mol. The van der Waals surface area contributed by atoms with Crippen molar-refractivity contribution in [2.24, 2.45) is 0 Å². The Balaban J connectivity index is 1.18. The van der Waals surface area contributed by atoms with Crippen LogP contribution in [0.15, 0.2) is 192 Å². The molecule has 0 aliphatic rings. The van der Waals surface area contributed by atoms with E-state index in [1.807, 2.05) is 12.1 Å². The van der Waals surface area contributed by atoms with E-state index in [0.717, 1.165) is 27.6 Å². The first kappa shape index (κ1) is 28.9. The van der Waals surface area contributed by atoms with Crippen molar-refractivity contribution < 1.29 is 4.42 Å². The lowest BCUT2D eigenvalue weighted by atomic mass is 9.83. The predicted octanol–water partition coefficient (Wildman–Crippen LogP) is 14.0. The van der Waals surface area contributed by atoms with E-state index in [4.69, 9.17) is 4.42 Å². The minimum absolute atomic E-state index is 0.910. The number of hydrogen-bond acceptors (Lipinski definition) is 1. The smallest absolute Gasteiger partial charge is 0.135 e. The zero-order valence-corrected chi connectivity index (χ0v) is 28.3. The van der Waals surface area contributed by atoms with Gasteiger partial charge in [-0.1, -0.05) is 146 Å². The number of hydrogen-bond donors (Lipinski definition) is 0. The van der Waals surface area contributed by atoms with Gasteiger partial charge in [0.1, 0.15) is 11.2 Å². The van der Waals surface area contributed by atoms with E-state index in [2.05, 4.69) is 180 Å². The molecule has 0 bridgehead atoms. The van der Waals surface area contributed by atoms with Crippen LogP contribution in [0.3, 0.4) is 0 Å². The summed E-state index contributed by atoms with van der Waals surface area (Å²) in [4.78, 5) is 0.